The van der Waals surface area contributed by atoms with Crippen molar-refractivity contribution in [2.24, 2.45) is 0 Å². The van der Waals surface area contributed by atoms with E-state index in [0.29, 0.717) is 11.3 Å². The van der Waals surface area contributed by atoms with Crippen LogP contribution in [0.15, 0.2) is 24.3 Å². The van der Waals surface area contributed by atoms with E-state index in [1.165, 1.54) is 25.3 Å². The summed E-state index contributed by atoms with van der Waals surface area (Å²) in [6.45, 7) is 1.69. The smallest absolute Gasteiger partial charge is 0.330 e. The standard InChI is InChI=1S/C14H16N2O4/c1-20-14(17)7-5-11-4-6-12(13(10-11)16(18)19)15-8-2-3-9-15/h4-7,10H,2-3,8-9H2,1H3. The predicted molar refractivity (Wildman–Crippen MR) is 75.6 cm³/mol. The molecule has 0 aromatic heterocycles. The molecule has 6 nitrogen and oxygen atoms in total. The van der Waals surface area contributed by atoms with Crippen LogP contribution in [0.2, 0.25) is 0 Å². The molecule has 0 unspecified atom stereocenters. The van der Waals surface area contributed by atoms with Crippen LogP contribution in [0.5, 0.6) is 0 Å². The number of nitro benzene ring substituents is 1. The van der Waals surface area contributed by atoms with E-state index in [2.05, 4.69) is 4.74 Å². The van der Waals surface area contributed by atoms with E-state index >= 15 is 0 Å². The van der Waals surface area contributed by atoms with Gasteiger partial charge in [-0.25, -0.2) is 4.79 Å². The Bertz CT molecular complexity index is 548. The SMILES string of the molecule is COC(=O)C=Cc1ccc(N2CCCC2)c([N+](=O)[O-])c1. The quantitative estimate of drug-likeness (QED) is 0.365. The molecular weight excluding hydrogens is 260 g/mol. The van der Waals surface area contributed by atoms with E-state index in [-0.39, 0.29) is 10.6 Å². The van der Waals surface area contributed by atoms with Gasteiger partial charge in [-0.3, -0.25) is 10.1 Å². The van der Waals surface area contributed by atoms with Crippen molar-refractivity contribution in [1.82, 2.24) is 0 Å². The number of nitrogens with zero attached hydrogens (tertiary/aromatic N) is 2. The third-order valence-corrected chi connectivity index (χ3v) is 3.26. The van der Waals surface area contributed by atoms with E-state index in [1.807, 2.05) is 4.90 Å². The molecule has 1 aromatic carbocycles. The van der Waals surface area contributed by atoms with Crippen LogP contribution >= 0.6 is 0 Å². The Hall–Kier alpha value is -2.37. The molecule has 20 heavy (non-hydrogen) atoms. The first-order valence-electron chi connectivity index (χ1n) is 6.41. The summed E-state index contributed by atoms with van der Waals surface area (Å²) in [5.41, 5.74) is 1.31. The van der Waals surface area contributed by atoms with Crippen LogP contribution in [0.1, 0.15) is 18.4 Å². The molecule has 1 heterocycles. The zero-order valence-electron chi connectivity index (χ0n) is 11.2. The zero-order valence-corrected chi connectivity index (χ0v) is 11.2. The van der Waals surface area contributed by atoms with Crippen molar-refractivity contribution < 1.29 is 14.5 Å². The highest BCUT2D eigenvalue weighted by Gasteiger charge is 2.22. The van der Waals surface area contributed by atoms with Gasteiger partial charge in [0, 0.05) is 25.2 Å². The van der Waals surface area contributed by atoms with E-state index in [1.54, 1.807) is 12.1 Å². The van der Waals surface area contributed by atoms with Crippen LogP contribution in [0.4, 0.5) is 11.4 Å². The molecule has 1 saturated heterocycles. The molecule has 0 aliphatic carbocycles. The molecule has 1 aliphatic rings. The van der Waals surface area contributed by atoms with Crippen molar-refractivity contribution in [2.75, 3.05) is 25.1 Å². The summed E-state index contributed by atoms with van der Waals surface area (Å²) in [4.78, 5) is 23.9. The second-order valence-corrected chi connectivity index (χ2v) is 4.56. The molecule has 0 atom stereocenters. The lowest BCUT2D eigenvalue weighted by atomic mass is 10.1. The Morgan fingerprint density at radius 1 is 1.40 bits per heavy atom. The number of methoxy groups -OCH3 is 1. The summed E-state index contributed by atoms with van der Waals surface area (Å²) in [5, 5.41) is 11.2. The maximum atomic E-state index is 11.2. The van der Waals surface area contributed by atoms with Gasteiger partial charge in [-0.15, -0.1) is 0 Å². The minimum Gasteiger partial charge on any atom is -0.466 e. The average molecular weight is 276 g/mol. The van der Waals surface area contributed by atoms with Gasteiger partial charge in [0.2, 0.25) is 0 Å². The van der Waals surface area contributed by atoms with Crippen molar-refractivity contribution in [3.05, 3.63) is 40.0 Å². The Morgan fingerprint density at radius 2 is 2.10 bits per heavy atom. The predicted octanol–water partition coefficient (Wildman–Crippen LogP) is 2.38. The Balaban J connectivity index is 2.30. The van der Waals surface area contributed by atoms with Crippen LogP contribution < -0.4 is 4.90 Å². The van der Waals surface area contributed by atoms with Crippen LogP contribution in [0.25, 0.3) is 6.08 Å². The van der Waals surface area contributed by atoms with Crippen LogP contribution in [-0.4, -0.2) is 31.1 Å². The Kier molecular flexibility index (Phi) is 4.34. The second kappa shape index (κ2) is 6.18. The fourth-order valence-electron chi connectivity index (χ4n) is 2.25. The van der Waals surface area contributed by atoms with Gasteiger partial charge >= 0.3 is 5.97 Å². The number of rotatable bonds is 4. The minimum atomic E-state index is -0.490. The van der Waals surface area contributed by atoms with Crippen LogP contribution in [0, 0.1) is 10.1 Å². The van der Waals surface area contributed by atoms with Gasteiger partial charge < -0.3 is 9.64 Å². The number of benzene rings is 1. The van der Waals surface area contributed by atoms with Gasteiger partial charge in [-0.1, -0.05) is 6.07 Å². The summed E-state index contributed by atoms with van der Waals surface area (Å²) < 4.78 is 4.49. The van der Waals surface area contributed by atoms with E-state index in [9.17, 15) is 14.9 Å². The molecule has 0 N–H and O–H groups in total. The van der Waals surface area contributed by atoms with Gasteiger partial charge in [0.1, 0.15) is 5.69 Å². The zero-order chi connectivity index (χ0) is 14.5. The Labute approximate surface area is 116 Å². The maximum Gasteiger partial charge on any atom is 0.330 e. The highest BCUT2D eigenvalue weighted by Crippen LogP contribution is 2.31. The van der Waals surface area contributed by atoms with Gasteiger partial charge in [0.05, 0.1) is 12.0 Å². The Morgan fingerprint density at radius 3 is 2.70 bits per heavy atom. The molecule has 1 aliphatic heterocycles. The lowest BCUT2D eigenvalue weighted by Gasteiger charge is -2.17. The van der Waals surface area contributed by atoms with Gasteiger partial charge in [-0.05, 0) is 30.5 Å². The first kappa shape index (κ1) is 14.0. The third-order valence-electron chi connectivity index (χ3n) is 3.26. The van der Waals surface area contributed by atoms with Crippen LogP contribution in [-0.2, 0) is 9.53 Å². The van der Waals surface area contributed by atoms with Crippen molar-refractivity contribution in [1.29, 1.82) is 0 Å². The molecule has 0 saturated carbocycles. The maximum absolute atomic E-state index is 11.2. The van der Waals surface area contributed by atoms with E-state index in [4.69, 9.17) is 0 Å². The van der Waals surface area contributed by atoms with Crippen molar-refractivity contribution >= 4 is 23.4 Å². The largest absolute Gasteiger partial charge is 0.466 e. The fraction of sp³-hybridized carbons (Fsp3) is 0.357. The molecule has 2 rings (SSSR count). The van der Waals surface area contributed by atoms with E-state index in [0.717, 1.165) is 25.9 Å². The average Bonchev–Trinajstić information content (AvgIpc) is 2.98. The number of anilines is 1. The molecule has 0 bridgehead atoms. The monoisotopic (exact) mass is 276 g/mol. The number of ether oxygens (including phenoxy) is 1. The molecular formula is C14H16N2O4. The summed E-state index contributed by atoms with van der Waals surface area (Å²) in [7, 11) is 1.28. The van der Waals surface area contributed by atoms with Crippen LogP contribution in [0.3, 0.4) is 0 Å². The number of carbonyl (C=O) groups is 1. The molecule has 106 valence electrons. The summed E-state index contributed by atoms with van der Waals surface area (Å²) in [5.74, 6) is -0.490. The molecule has 1 aromatic rings. The molecule has 6 heteroatoms. The second-order valence-electron chi connectivity index (χ2n) is 4.56. The highest BCUT2D eigenvalue weighted by molar-refractivity contribution is 5.87. The lowest BCUT2D eigenvalue weighted by molar-refractivity contribution is -0.384. The van der Waals surface area contributed by atoms with Gasteiger partial charge in [-0.2, -0.15) is 0 Å². The summed E-state index contributed by atoms with van der Waals surface area (Å²) in [6, 6.07) is 4.98. The van der Waals surface area contributed by atoms with E-state index < -0.39 is 5.97 Å². The van der Waals surface area contributed by atoms with Crippen molar-refractivity contribution in [3.63, 3.8) is 0 Å². The van der Waals surface area contributed by atoms with Crippen molar-refractivity contribution in [3.8, 4) is 0 Å². The van der Waals surface area contributed by atoms with Gasteiger partial charge in [0.15, 0.2) is 0 Å². The topological polar surface area (TPSA) is 72.7 Å². The number of carbonyl (C=O) groups excluding carboxylic acids is 1. The first-order chi connectivity index (χ1) is 9.61. The molecule has 0 amide bonds. The van der Waals surface area contributed by atoms with Gasteiger partial charge in [0.25, 0.3) is 5.69 Å². The van der Waals surface area contributed by atoms with Crippen molar-refractivity contribution in [2.45, 2.75) is 12.8 Å². The molecule has 0 spiro atoms. The number of esters is 1. The molecule has 1 fully saturated rings. The fourth-order valence-corrected chi connectivity index (χ4v) is 2.25. The lowest BCUT2D eigenvalue weighted by Crippen LogP contribution is -2.18. The number of nitro groups is 1. The molecule has 0 radical (unpaired) electrons. The third kappa shape index (κ3) is 3.14. The summed E-state index contributed by atoms with van der Waals surface area (Å²) >= 11 is 0. The number of hydrogen-bond acceptors (Lipinski definition) is 5. The highest BCUT2D eigenvalue weighted by atomic mass is 16.6. The minimum absolute atomic E-state index is 0.0684. The normalized spacial score (nSPS) is 14.8. The summed E-state index contributed by atoms with van der Waals surface area (Å²) in [6.07, 6.45) is 4.86. The number of hydrogen-bond donors (Lipinski definition) is 0. The first-order valence-corrected chi connectivity index (χ1v) is 6.41.